The van der Waals surface area contributed by atoms with E-state index in [1.165, 1.54) is 0 Å². The van der Waals surface area contributed by atoms with Gasteiger partial charge in [-0.3, -0.25) is 19.2 Å². The Bertz CT molecular complexity index is 849. The average Bonchev–Trinajstić information content (AvgIpc) is 2.83. The Morgan fingerprint density at radius 2 is 0.488 bits per heavy atom. The molecule has 0 aromatic rings. The predicted octanol–water partition coefficient (Wildman–Crippen LogP) is -3.37. The molecule has 16 nitrogen and oxygen atoms in total. The van der Waals surface area contributed by atoms with Crippen molar-refractivity contribution in [1.29, 1.82) is 0 Å². The maximum absolute atomic E-state index is 9.91. The number of rotatable bonds is 16. The van der Waals surface area contributed by atoms with Crippen LogP contribution in [-0.2, 0) is 60.1 Å². The summed E-state index contributed by atoms with van der Waals surface area (Å²) in [6.07, 6.45) is -1.09. The summed E-state index contributed by atoms with van der Waals surface area (Å²) < 4.78 is 0. The van der Waals surface area contributed by atoms with Gasteiger partial charge in [0.05, 0.1) is 23.9 Å². The molecule has 0 heterocycles. The van der Waals surface area contributed by atoms with Crippen LogP contribution in [-0.4, -0.2) is 68.2 Å². The minimum atomic E-state index is -1.39. The average molecular weight is 620 g/mol. The molecule has 0 fully saturated rings. The van der Waals surface area contributed by atoms with Gasteiger partial charge in [0.1, 0.15) is 0 Å². The second kappa shape index (κ2) is 27.0. The molecular weight excluding hydrogens is 592 g/mol. The van der Waals surface area contributed by atoms with Gasteiger partial charge in [0, 0.05) is 25.7 Å². The molecule has 0 aromatic carbocycles. The first-order chi connectivity index (χ1) is 18.1. The first-order valence-corrected chi connectivity index (χ1v) is 10.6. The van der Waals surface area contributed by atoms with Gasteiger partial charge >= 0.3 is 45.6 Å². The molecule has 0 bridgehead atoms. The van der Waals surface area contributed by atoms with Gasteiger partial charge in [-0.1, -0.05) is 26.3 Å². The van der Waals surface area contributed by atoms with E-state index in [0.29, 0.717) is 0 Å². The molecule has 0 aliphatic heterocycles. The number of aliphatic carboxylic acids is 8. The molecule has 0 atom stereocenters. The van der Waals surface area contributed by atoms with Crippen molar-refractivity contribution in [2.75, 3.05) is 0 Å². The van der Waals surface area contributed by atoms with Crippen molar-refractivity contribution in [1.82, 2.24) is 0 Å². The molecular formula is C24H28O16Ti. The molecule has 224 valence electrons. The minimum Gasteiger partial charge on any atom is -0.545 e. The molecule has 4 N–H and O–H groups in total. The number of carboxylic acids is 8. The summed E-state index contributed by atoms with van der Waals surface area (Å²) in [7, 11) is 0. The van der Waals surface area contributed by atoms with Crippen LogP contribution in [0.15, 0.2) is 48.6 Å². The summed E-state index contributed by atoms with van der Waals surface area (Å²) >= 11 is 0. The third-order valence-electron chi connectivity index (χ3n) is 3.72. The van der Waals surface area contributed by atoms with E-state index in [1.54, 1.807) is 0 Å². The van der Waals surface area contributed by atoms with E-state index in [0.717, 1.165) is 0 Å². The van der Waals surface area contributed by atoms with Crippen LogP contribution in [0, 0.1) is 0 Å². The maximum atomic E-state index is 9.91. The number of hydrogen-bond donors (Lipinski definition) is 4. The van der Waals surface area contributed by atoms with Gasteiger partial charge in [-0.2, -0.15) is 0 Å². The van der Waals surface area contributed by atoms with Crippen LogP contribution >= 0.6 is 0 Å². The summed E-state index contributed by atoms with van der Waals surface area (Å²) in [5.74, 6) is -9.71. The van der Waals surface area contributed by atoms with Crippen LogP contribution in [0.3, 0.4) is 0 Å². The van der Waals surface area contributed by atoms with Crippen LogP contribution in [0.4, 0.5) is 0 Å². The molecule has 0 saturated carbocycles. The number of hydrogen-bond acceptors (Lipinski definition) is 12. The first-order valence-electron chi connectivity index (χ1n) is 10.6. The molecule has 0 spiro atoms. The SMILES string of the molecule is C=C(CCC(=O)O)C(=O)[O-].C=C(CCC(=O)O)C(=O)[O-].C=C(CCC(=O)O)C(=O)[O-].C=C(CCC(=O)O)C(=O)[O-].[Ti+4]. The van der Waals surface area contributed by atoms with Crippen LogP contribution in [0.1, 0.15) is 51.4 Å². The molecule has 0 radical (unpaired) electrons. The molecule has 0 aliphatic carbocycles. The molecule has 41 heavy (non-hydrogen) atoms. The normalized spacial score (nSPS) is 8.59. The van der Waals surface area contributed by atoms with E-state index in [4.69, 9.17) is 20.4 Å². The van der Waals surface area contributed by atoms with Gasteiger partial charge in [0.15, 0.2) is 0 Å². The fourth-order valence-corrected chi connectivity index (χ4v) is 1.44. The van der Waals surface area contributed by atoms with Crippen LogP contribution in [0.5, 0.6) is 0 Å². The minimum absolute atomic E-state index is 0. The molecule has 0 rings (SSSR count). The largest absolute Gasteiger partial charge is 4.00 e. The zero-order valence-electron chi connectivity index (χ0n) is 21.7. The Balaban J connectivity index is -0.000000139. The van der Waals surface area contributed by atoms with E-state index in [-0.39, 0.29) is 95.4 Å². The van der Waals surface area contributed by atoms with E-state index in [1.807, 2.05) is 0 Å². The van der Waals surface area contributed by atoms with E-state index in [9.17, 15) is 58.8 Å². The molecule has 0 unspecified atom stereocenters. The van der Waals surface area contributed by atoms with Gasteiger partial charge in [-0.05, 0) is 48.0 Å². The van der Waals surface area contributed by atoms with Crippen molar-refractivity contribution < 1.29 is 101 Å². The molecule has 0 aromatic heterocycles. The van der Waals surface area contributed by atoms with Gasteiger partial charge in [-0.15, -0.1) is 0 Å². The molecule has 0 amide bonds. The maximum Gasteiger partial charge on any atom is 4.00 e. The van der Waals surface area contributed by atoms with E-state index >= 15 is 0 Å². The van der Waals surface area contributed by atoms with Crippen molar-refractivity contribution in [2.24, 2.45) is 0 Å². The van der Waals surface area contributed by atoms with E-state index in [2.05, 4.69) is 26.3 Å². The van der Waals surface area contributed by atoms with Gasteiger partial charge in [-0.25, -0.2) is 0 Å². The van der Waals surface area contributed by atoms with Crippen LogP contribution < -0.4 is 20.4 Å². The smallest absolute Gasteiger partial charge is 0.545 e. The van der Waals surface area contributed by atoms with Crippen molar-refractivity contribution in [3.05, 3.63) is 48.6 Å². The molecule has 17 heteroatoms. The van der Waals surface area contributed by atoms with Crippen LogP contribution in [0.2, 0.25) is 0 Å². The van der Waals surface area contributed by atoms with Gasteiger partial charge in [0.2, 0.25) is 0 Å². The summed E-state index contributed by atoms with van der Waals surface area (Å²) in [5, 5.41) is 72.0. The first kappa shape index (κ1) is 46.3. The van der Waals surface area contributed by atoms with Gasteiger partial charge in [0.25, 0.3) is 0 Å². The topological polar surface area (TPSA) is 310 Å². The summed E-state index contributed by atoms with van der Waals surface area (Å²) in [6, 6.07) is 0. The number of carbonyl (C=O) groups is 8. The van der Waals surface area contributed by atoms with Crippen molar-refractivity contribution >= 4 is 47.8 Å². The molecule has 0 saturated heterocycles. The van der Waals surface area contributed by atoms with Crippen molar-refractivity contribution in [2.45, 2.75) is 51.4 Å². The predicted molar refractivity (Wildman–Crippen MR) is 124 cm³/mol. The van der Waals surface area contributed by atoms with E-state index < -0.39 is 47.8 Å². The third kappa shape index (κ3) is 40.1. The summed E-state index contributed by atoms with van der Waals surface area (Å²) in [6.45, 7) is 12.4. The number of carboxylic acid groups (broad SMARTS) is 8. The summed E-state index contributed by atoms with van der Waals surface area (Å²) in [5.41, 5.74) is -0.713. The quantitative estimate of drug-likeness (QED) is 0.0966. The zero-order chi connectivity index (χ0) is 32.6. The van der Waals surface area contributed by atoms with Gasteiger partial charge < -0.3 is 60.0 Å². The Morgan fingerprint density at radius 1 is 0.366 bits per heavy atom. The number of carbonyl (C=O) groups excluding carboxylic acids is 4. The second-order valence-corrected chi connectivity index (χ2v) is 7.14. The second-order valence-electron chi connectivity index (χ2n) is 7.14. The summed E-state index contributed by atoms with van der Waals surface area (Å²) in [4.78, 5) is 79.1. The Morgan fingerprint density at radius 3 is 0.561 bits per heavy atom. The monoisotopic (exact) mass is 620 g/mol. The Hall–Kier alpha value is -4.57. The fraction of sp³-hybridized carbons (Fsp3) is 0.333. The van der Waals surface area contributed by atoms with Crippen molar-refractivity contribution in [3.63, 3.8) is 0 Å². The Kier molecular flexibility index (Phi) is 30.5. The van der Waals surface area contributed by atoms with Crippen molar-refractivity contribution in [3.8, 4) is 0 Å². The Labute approximate surface area is 248 Å². The zero-order valence-corrected chi connectivity index (χ0v) is 23.2. The van der Waals surface area contributed by atoms with Crippen LogP contribution in [0.25, 0.3) is 0 Å². The third-order valence-corrected chi connectivity index (χ3v) is 3.72. The molecule has 0 aliphatic rings. The fourth-order valence-electron chi connectivity index (χ4n) is 1.44. The standard InChI is InChI=1S/4C6H8O4.Ti/c4*1-4(6(9)10)2-3-5(7)8;/h4*1-3H2,(H,7,8)(H,9,10);/q;;;;+4/p-4.